The predicted octanol–water partition coefficient (Wildman–Crippen LogP) is 5.02. The number of carbonyl (C=O) groups is 1. The van der Waals surface area contributed by atoms with Crippen molar-refractivity contribution < 1.29 is 14.4 Å². The number of carboxylic acid groups (broad SMARTS) is 1. The van der Waals surface area contributed by atoms with Crippen molar-refractivity contribution in [2.75, 3.05) is 0 Å². The summed E-state index contributed by atoms with van der Waals surface area (Å²) in [4.78, 5) is 15.7. The standard InChI is InChI=1S/C19H11BrN2O3/c20-16-7-3-4-11-10-12(8-9-13(11)16)18-21-17(22-25-18)14-5-1-2-6-15(14)19(23)24/h1-10H,(H,23,24). The second kappa shape index (κ2) is 6.14. The van der Waals surface area contributed by atoms with Crippen LogP contribution >= 0.6 is 15.9 Å². The molecule has 1 heterocycles. The van der Waals surface area contributed by atoms with Crippen molar-refractivity contribution in [3.05, 3.63) is 70.7 Å². The molecule has 0 aliphatic rings. The molecule has 0 bridgehead atoms. The zero-order chi connectivity index (χ0) is 17.4. The molecular weight excluding hydrogens is 384 g/mol. The number of hydrogen-bond donors (Lipinski definition) is 1. The molecule has 0 saturated carbocycles. The van der Waals surface area contributed by atoms with E-state index >= 15 is 0 Å². The second-order valence-corrected chi connectivity index (χ2v) is 6.30. The van der Waals surface area contributed by atoms with Gasteiger partial charge in [0.1, 0.15) is 0 Å². The van der Waals surface area contributed by atoms with Crippen LogP contribution < -0.4 is 0 Å². The summed E-state index contributed by atoms with van der Waals surface area (Å²) in [5.74, 6) is -0.433. The summed E-state index contributed by atoms with van der Waals surface area (Å²) in [5, 5.41) is 15.4. The Bertz CT molecular complexity index is 1100. The van der Waals surface area contributed by atoms with Gasteiger partial charge in [0.15, 0.2) is 0 Å². The Morgan fingerprint density at radius 1 is 1.04 bits per heavy atom. The minimum absolute atomic E-state index is 0.136. The molecule has 122 valence electrons. The predicted molar refractivity (Wildman–Crippen MR) is 97.3 cm³/mol. The summed E-state index contributed by atoms with van der Waals surface area (Å²) in [6.07, 6.45) is 0. The minimum Gasteiger partial charge on any atom is -0.478 e. The van der Waals surface area contributed by atoms with Crippen molar-refractivity contribution in [2.45, 2.75) is 0 Å². The van der Waals surface area contributed by atoms with Gasteiger partial charge in [0.05, 0.1) is 5.56 Å². The number of nitrogens with zero attached hydrogens (tertiary/aromatic N) is 2. The van der Waals surface area contributed by atoms with Crippen LogP contribution in [0.5, 0.6) is 0 Å². The van der Waals surface area contributed by atoms with Crippen LogP contribution in [0.3, 0.4) is 0 Å². The molecule has 25 heavy (non-hydrogen) atoms. The first-order valence-corrected chi connectivity index (χ1v) is 8.28. The molecule has 4 rings (SSSR count). The molecule has 1 aromatic heterocycles. The Balaban J connectivity index is 1.79. The van der Waals surface area contributed by atoms with Crippen molar-refractivity contribution in [1.29, 1.82) is 0 Å². The molecule has 0 radical (unpaired) electrons. The Hall–Kier alpha value is -2.99. The van der Waals surface area contributed by atoms with E-state index in [1.807, 2.05) is 36.4 Å². The Morgan fingerprint density at radius 3 is 2.72 bits per heavy atom. The van der Waals surface area contributed by atoms with Crippen LogP contribution in [0.4, 0.5) is 0 Å². The first kappa shape index (κ1) is 15.5. The average molecular weight is 395 g/mol. The third-order valence-electron chi connectivity index (χ3n) is 3.90. The van der Waals surface area contributed by atoms with E-state index in [0.29, 0.717) is 11.5 Å². The lowest BCUT2D eigenvalue weighted by molar-refractivity contribution is 0.0697. The molecule has 0 atom stereocenters. The molecular formula is C19H11BrN2O3. The molecule has 4 aromatic rings. The molecule has 3 aromatic carbocycles. The van der Waals surface area contributed by atoms with Crippen LogP contribution in [0.1, 0.15) is 10.4 Å². The molecule has 5 nitrogen and oxygen atoms in total. The summed E-state index contributed by atoms with van der Waals surface area (Å²) in [7, 11) is 0. The van der Waals surface area contributed by atoms with Gasteiger partial charge in [0.2, 0.25) is 5.82 Å². The van der Waals surface area contributed by atoms with Gasteiger partial charge in [-0.25, -0.2) is 4.79 Å². The normalized spacial score (nSPS) is 10.9. The van der Waals surface area contributed by atoms with Gasteiger partial charge in [-0.1, -0.05) is 57.5 Å². The maximum absolute atomic E-state index is 11.4. The zero-order valence-electron chi connectivity index (χ0n) is 12.8. The highest BCUT2D eigenvalue weighted by Crippen LogP contribution is 2.29. The van der Waals surface area contributed by atoms with E-state index in [0.717, 1.165) is 20.8 Å². The highest BCUT2D eigenvalue weighted by molar-refractivity contribution is 9.10. The number of aromatic carboxylic acids is 1. The van der Waals surface area contributed by atoms with E-state index in [2.05, 4.69) is 26.1 Å². The van der Waals surface area contributed by atoms with E-state index in [1.165, 1.54) is 6.07 Å². The van der Waals surface area contributed by atoms with Gasteiger partial charge in [-0.05, 0) is 35.0 Å². The number of benzene rings is 3. The van der Waals surface area contributed by atoms with Crippen molar-refractivity contribution in [1.82, 2.24) is 10.1 Å². The molecule has 1 N–H and O–H groups in total. The summed E-state index contributed by atoms with van der Waals surface area (Å²) in [6.45, 7) is 0. The molecule has 6 heteroatoms. The van der Waals surface area contributed by atoms with Gasteiger partial charge in [-0.2, -0.15) is 4.98 Å². The molecule has 0 fully saturated rings. The molecule has 0 aliphatic heterocycles. The van der Waals surface area contributed by atoms with Crippen molar-refractivity contribution in [2.24, 2.45) is 0 Å². The first-order valence-electron chi connectivity index (χ1n) is 7.48. The van der Waals surface area contributed by atoms with E-state index in [-0.39, 0.29) is 11.4 Å². The minimum atomic E-state index is -1.03. The molecule has 0 aliphatic carbocycles. The largest absolute Gasteiger partial charge is 0.478 e. The topological polar surface area (TPSA) is 76.2 Å². The van der Waals surface area contributed by atoms with E-state index in [4.69, 9.17) is 4.52 Å². The molecule has 0 saturated heterocycles. The summed E-state index contributed by atoms with van der Waals surface area (Å²) < 4.78 is 6.37. The molecule has 0 spiro atoms. The van der Waals surface area contributed by atoms with Crippen LogP contribution in [0.25, 0.3) is 33.6 Å². The van der Waals surface area contributed by atoms with E-state index in [9.17, 15) is 9.90 Å². The summed E-state index contributed by atoms with van der Waals surface area (Å²) in [6, 6.07) is 18.4. The number of aromatic nitrogens is 2. The Labute approximate surface area is 151 Å². The third-order valence-corrected chi connectivity index (χ3v) is 4.59. The number of hydrogen-bond acceptors (Lipinski definition) is 4. The quantitative estimate of drug-likeness (QED) is 0.527. The lowest BCUT2D eigenvalue weighted by Gasteiger charge is -2.02. The lowest BCUT2D eigenvalue weighted by Crippen LogP contribution is -1.99. The highest BCUT2D eigenvalue weighted by atomic mass is 79.9. The van der Waals surface area contributed by atoms with Gasteiger partial charge in [0.25, 0.3) is 5.89 Å². The van der Waals surface area contributed by atoms with Crippen LogP contribution in [0, 0.1) is 0 Å². The highest BCUT2D eigenvalue weighted by Gasteiger charge is 2.17. The number of halogens is 1. The van der Waals surface area contributed by atoms with Gasteiger partial charge < -0.3 is 9.63 Å². The lowest BCUT2D eigenvalue weighted by atomic mass is 10.1. The van der Waals surface area contributed by atoms with Gasteiger partial charge in [-0.15, -0.1) is 0 Å². The van der Waals surface area contributed by atoms with Crippen molar-refractivity contribution in [3.63, 3.8) is 0 Å². The van der Waals surface area contributed by atoms with Gasteiger partial charge in [0, 0.05) is 15.6 Å². The number of fused-ring (bicyclic) bond motifs is 1. The summed E-state index contributed by atoms with van der Waals surface area (Å²) in [5.41, 5.74) is 1.34. The summed E-state index contributed by atoms with van der Waals surface area (Å²) >= 11 is 3.53. The number of rotatable bonds is 3. The van der Waals surface area contributed by atoms with E-state index < -0.39 is 5.97 Å². The Kier molecular flexibility index (Phi) is 3.82. The number of carboxylic acids is 1. The zero-order valence-corrected chi connectivity index (χ0v) is 14.4. The van der Waals surface area contributed by atoms with Crippen LogP contribution in [-0.2, 0) is 0 Å². The fourth-order valence-electron chi connectivity index (χ4n) is 2.69. The van der Waals surface area contributed by atoms with Crippen molar-refractivity contribution in [3.8, 4) is 22.8 Å². The smallest absolute Gasteiger partial charge is 0.336 e. The molecule has 0 unspecified atom stereocenters. The maximum atomic E-state index is 11.4. The Morgan fingerprint density at radius 2 is 1.88 bits per heavy atom. The average Bonchev–Trinajstić information content (AvgIpc) is 3.11. The van der Waals surface area contributed by atoms with Crippen LogP contribution in [0.2, 0.25) is 0 Å². The van der Waals surface area contributed by atoms with Crippen molar-refractivity contribution >= 4 is 32.7 Å². The second-order valence-electron chi connectivity index (χ2n) is 5.45. The first-order chi connectivity index (χ1) is 12.1. The fraction of sp³-hybridized carbons (Fsp3) is 0. The van der Waals surface area contributed by atoms with Gasteiger partial charge in [-0.3, -0.25) is 0 Å². The third kappa shape index (κ3) is 2.81. The van der Waals surface area contributed by atoms with Crippen LogP contribution in [-0.4, -0.2) is 21.2 Å². The van der Waals surface area contributed by atoms with Gasteiger partial charge >= 0.3 is 5.97 Å². The van der Waals surface area contributed by atoms with E-state index in [1.54, 1.807) is 18.2 Å². The molecule has 0 amide bonds. The fourth-order valence-corrected chi connectivity index (χ4v) is 3.21. The SMILES string of the molecule is O=C(O)c1ccccc1-c1noc(-c2ccc3c(Br)cccc3c2)n1. The monoisotopic (exact) mass is 394 g/mol. The van der Waals surface area contributed by atoms with Crippen LogP contribution in [0.15, 0.2) is 69.7 Å². The maximum Gasteiger partial charge on any atom is 0.336 e.